The topological polar surface area (TPSA) is 96.2 Å². The molecule has 0 atom stereocenters. The van der Waals surface area contributed by atoms with E-state index in [-0.39, 0.29) is 6.61 Å². The van der Waals surface area contributed by atoms with Crippen molar-refractivity contribution in [2.75, 3.05) is 0 Å². The molecule has 0 unspecified atom stereocenters. The molecular weight excluding hydrogens is 396 g/mol. The monoisotopic (exact) mass is 414 g/mol. The van der Waals surface area contributed by atoms with Crippen LogP contribution < -0.4 is 0 Å². The highest BCUT2D eigenvalue weighted by molar-refractivity contribution is 6.05. The van der Waals surface area contributed by atoms with Gasteiger partial charge < -0.3 is 13.7 Å². The van der Waals surface area contributed by atoms with E-state index in [1.54, 1.807) is 42.3 Å². The first-order valence-electron chi connectivity index (χ1n) is 9.66. The number of ether oxygens (including phenoxy) is 1. The largest absolute Gasteiger partial charge is 0.461 e. The molecule has 4 aromatic heterocycles. The van der Waals surface area contributed by atoms with Crippen LogP contribution in [0.25, 0.3) is 33.8 Å². The molecule has 5 rings (SSSR count). The lowest BCUT2D eigenvalue weighted by Crippen LogP contribution is -2.07. The molecule has 0 saturated heterocycles. The first-order valence-corrected chi connectivity index (χ1v) is 9.66. The van der Waals surface area contributed by atoms with Gasteiger partial charge in [0, 0.05) is 18.7 Å². The molecule has 8 nitrogen and oxygen atoms in total. The number of aryl methyl sites for hydroxylation is 2. The fourth-order valence-corrected chi connectivity index (χ4v) is 3.49. The number of rotatable bonds is 5. The molecule has 0 N–H and O–H groups in total. The zero-order valence-corrected chi connectivity index (χ0v) is 16.9. The molecule has 4 heterocycles. The van der Waals surface area contributed by atoms with E-state index in [4.69, 9.17) is 18.7 Å². The van der Waals surface area contributed by atoms with Crippen LogP contribution in [0.5, 0.6) is 0 Å². The Kier molecular flexibility index (Phi) is 4.59. The van der Waals surface area contributed by atoms with Gasteiger partial charge >= 0.3 is 5.97 Å². The van der Waals surface area contributed by atoms with Gasteiger partial charge in [-0.1, -0.05) is 35.5 Å². The predicted octanol–water partition coefficient (Wildman–Crippen LogP) is 4.55. The quantitative estimate of drug-likeness (QED) is 0.389. The number of hydrogen-bond acceptors (Lipinski definition) is 7. The van der Waals surface area contributed by atoms with Crippen molar-refractivity contribution in [1.82, 2.24) is 19.9 Å². The van der Waals surface area contributed by atoms with Crippen LogP contribution in [0.1, 0.15) is 21.7 Å². The van der Waals surface area contributed by atoms with Crippen molar-refractivity contribution in [3.8, 4) is 22.8 Å². The lowest BCUT2D eigenvalue weighted by Gasteiger charge is -2.08. The number of furan rings is 1. The van der Waals surface area contributed by atoms with Crippen molar-refractivity contribution < 1.29 is 18.5 Å². The maximum absolute atomic E-state index is 13.0. The first kappa shape index (κ1) is 18.8. The highest BCUT2D eigenvalue weighted by Crippen LogP contribution is 2.28. The number of carbonyl (C=O) groups excluding carboxylic acids is 1. The summed E-state index contributed by atoms with van der Waals surface area (Å²) in [5.41, 5.74) is 3.78. The van der Waals surface area contributed by atoms with E-state index < -0.39 is 5.97 Å². The number of benzene rings is 1. The Balaban J connectivity index is 1.46. The summed E-state index contributed by atoms with van der Waals surface area (Å²) in [7, 11) is 1.80. The fourth-order valence-electron chi connectivity index (χ4n) is 3.49. The number of nitrogens with zero attached hydrogens (tertiary/aromatic N) is 4. The second-order valence-corrected chi connectivity index (χ2v) is 7.06. The number of esters is 1. The van der Waals surface area contributed by atoms with Gasteiger partial charge in [0.1, 0.15) is 12.3 Å². The summed E-state index contributed by atoms with van der Waals surface area (Å²) in [6.45, 7) is 1.81. The van der Waals surface area contributed by atoms with Gasteiger partial charge in [-0.2, -0.15) is 5.10 Å². The van der Waals surface area contributed by atoms with Crippen LogP contribution in [0.2, 0.25) is 0 Å². The molecule has 0 aliphatic heterocycles. The number of fused-ring (bicyclic) bond motifs is 1. The molecule has 0 fully saturated rings. The number of pyridine rings is 1. The molecule has 1 aromatic carbocycles. The summed E-state index contributed by atoms with van der Waals surface area (Å²) in [5.74, 6) is 0.541. The third-order valence-electron chi connectivity index (χ3n) is 4.93. The average molecular weight is 414 g/mol. The SMILES string of the molecule is Cc1nn(C)c2nc(-c3ccccc3)cc(C(=O)OCc3cc(-c4ccco4)on3)c12. The van der Waals surface area contributed by atoms with E-state index in [2.05, 4.69) is 10.3 Å². The van der Waals surface area contributed by atoms with Gasteiger partial charge in [0.05, 0.1) is 28.6 Å². The second kappa shape index (κ2) is 7.56. The molecule has 0 radical (unpaired) electrons. The molecule has 8 heteroatoms. The minimum atomic E-state index is -0.483. The Morgan fingerprint density at radius 3 is 2.71 bits per heavy atom. The zero-order valence-electron chi connectivity index (χ0n) is 16.9. The molecule has 154 valence electrons. The molecule has 0 aliphatic carbocycles. The van der Waals surface area contributed by atoms with Gasteiger partial charge in [0.15, 0.2) is 11.4 Å². The van der Waals surface area contributed by atoms with Crippen LogP contribution in [0, 0.1) is 6.92 Å². The summed E-state index contributed by atoms with van der Waals surface area (Å²) in [6, 6.07) is 16.6. The fraction of sp³-hybridized carbons (Fsp3) is 0.130. The normalized spacial score (nSPS) is 11.2. The van der Waals surface area contributed by atoms with Crippen molar-refractivity contribution in [2.45, 2.75) is 13.5 Å². The Hall–Kier alpha value is -4.20. The van der Waals surface area contributed by atoms with Gasteiger partial charge in [-0.25, -0.2) is 9.78 Å². The molecule has 0 saturated carbocycles. The summed E-state index contributed by atoms with van der Waals surface area (Å²) >= 11 is 0. The smallest absolute Gasteiger partial charge is 0.339 e. The van der Waals surface area contributed by atoms with Crippen LogP contribution in [0.3, 0.4) is 0 Å². The van der Waals surface area contributed by atoms with E-state index in [9.17, 15) is 4.79 Å². The maximum Gasteiger partial charge on any atom is 0.339 e. The first-order chi connectivity index (χ1) is 15.1. The summed E-state index contributed by atoms with van der Waals surface area (Å²) < 4.78 is 17.8. The van der Waals surface area contributed by atoms with Gasteiger partial charge in [-0.05, 0) is 25.1 Å². The van der Waals surface area contributed by atoms with Crippen molar-refractivity contribution in [3.63, 3.8) is 0 Å². The lowest BCUT2D eigenvalue weighted by atomic mass is 10.1. The Bertz CT molecular complexity index is 1370. The highest BCUT2D eigenvalue weighted by atomic mass is 16.5. The molecule has 0 aliphatic rings. The summed E-state index contributed by atoms with van der Waals surface area (Å²) in [6.07, 6.45) is 1.55. The van der Waals surface area contributed by atoms with E-state index in [1.165, 1.54) is 0 Å². The van der Waals surface area contributed by atoms with Gasteiger partial charge in [-0.3, -0.25) is 4.68 Å². The Morgan fingerprint density at radius 2 is 1.94 bits per heavy atom. The third kappa shape index (κ3) is 3.48. The van der Waals surface area contributed by atoms with Crippen LogP contribution in [0.15, 0.2) is 69.8 Å². The van der Waals surface area contributed by atoms with Crippen molar-refractivity contribution in [2.24, 2.45) is 7.05 Å². The molecule has 31 heavy (non-hydrogen) atoms. The lowest BCUT2D eigenvalue weighted by molar-refractivity contribution is 0.0466. The van der Waals surface area contributed by atoms with Crippen molar-refractivity contribution in [1.29, 1.82) is 0 Å². The van der Waals surface area contributed by atoms with Crippen molar-refractivity contribution in [3.05, 3.63) is 77.8 Å². The van der Waals surface area contributed by atoms with Crippen molar-refractivity contribution >= 4 is 17.0 Å². The van der Waals surface area contributed by atoms with Gasteiger partial charge in [0.2, 0.25) is 5.76 Å². The Morgan fingerprint density at radius 1 is 1.10 bits per heavy atom. The minimum absolute atomic E-state index is 0.0349. The molecule has 5 aromatic rings. The number of hydrogen-bond donors (Lipinski definition) is 0. The van der Waals surface area contributed by atoms with E-state index >= 15 is 0 Å². The van der Waals surface area contributed by atoms with Crippen LogP contribution in [0.4, 0.5) is 0 Å². The van der Waals surface area contributed by atoms with Crippen LogP contribution in [-0.4, -0.2) is 25.9 Å². The van der Waals surface area contributed by atoms with E-state index in [0.717, 1.165) is 5.56 Å². The zero-order chi connectivity index (χ0) is 21.4. The summed E-state index contributed by atoms with van der Waals surface area (Å²) in [4.78, 5) is 17.8. The molecule has 0 bridgehead atoms. The molecule has 0 spiro atoms. The number of aromatic nitrogens is 4. The average Bonchev–Trinajstić information content (AvgIpc) is 3.53. The third-order valence-corrected chi connectivity index (χ3v) is 4.93. The van der Waals surface area contributed by atoms with E-state index in [0.29, 0.717) is 45.2 Å². The second-order valence-electron chi connectivity index (χ2n) is 7.06. The maximum atomic E-state index is 13.0. The number of carbonyl (C=O) groups is 1. The minimum Gasteiger partial charge on any atom is -0.461 e. The summed E-state index contributed by atoms with van der Waals surface area (Å²) in [5, 5.41) is 9.04. The molecule has 0 amide bonds. The standard InChI is InChI=1S/C23H18N4O4/c1-14-21-17(12-18(15-7-4-3-5-8-15)24-22(21)27(2)25-14)23(28)30-13-16-11-20(31-26-16)19-9-6-10-29-19/h3-12H,13H2,1-2H3. The highest BCUT2D eigenvalue weighted by Gasteiger charge is 2.21. The Labute approximate surface area is 177 Å². The van der Waals surface area contributed by atoms with Crippen LogP contribution in [-0.2, 0) is 18.4 Å². The van der Waals surface area contributed by atoms with Gasteiger partial charge in [0.25, 0.3) is 0 Å². The van der Waals surface area contributed by atoms with E-state index in [1.807, 2.05) is 37.3 Å². The molecular formula is C23H18N4O4. The predicted molar refractivity (Wildman–Crippen MR) is 112 cm³/mol. The van der Waals surface area contributed by atoms with Gasteiger partial charge in [-0.15, -0.1) is 0 Å². The van der Waals surface area contributed by atoms with Crippen LogP contribution >= 0.6 is 0 Å².